The lowest BCUT2D eigenvalue weighted by Crippen LogP contribution is -2.43. The minimum absolute atomic E-state index is 0.0600. The van der Waals surface area contributed by atoms with Gasteiger partial charge in [0.25, 0.3) is 0 Å². The summed E-state index contributed by atoms with van der Waals surface area (Å²) in [6.07, 6.45) is 4.52. The molecule has 0 aromatic carbocycles. The quantitative estimate of drug-likeness (QED) is 0.799. The molecule has 0 saturated heterocycles. The van der Waals surface area contributed by atoms with Crippen molar-refractivity contribution in [1.82, 2.24) is 15.5 Å². The van der Waals surface area contributed by atoms with Gasteiger partial charge in [-0.1, -0.05) is 5.16 Å². The van der Waals surface area contributed by atoms with E-state index in [1.807, 2.05) is 0 Å². The topological polar surface area (TPSA) is 88.2 Å². The van der Waals surface area contributed by atoms with Crippen LogP contribution in [-0.4, -0.2) is 27.3 Å². The molecule has 2 saturated carbocycles. The Morgan fingerprint density at radius 3 is 3.06 bits per heavy atom. The van der Waals surface area contributed by atoms with Crippen molar-refractivity contribution >= 4 is 5.97 Å². The third-order valence-electron chi connectivity index (χ3n) is 4.10. The van der Waals surface area contributed by atoms with Gasteiger partial charge in [-0.05, 0) is 31.1 Å². The minimum atomic E-state index is -0.678. The van der Waals surface area contributed by atoms with Crippen molar-refractivity contribution in [2.75, 3.05) is 0 Å². The van der Waals surface area contributed by atoms with E-state index in [9.17, 15) is 9.90 Å². The summed E-state index contributed by atoms with van der Waals surface area (Å²) in [4.78, 5) is 15.2. The molecule has 2 bridgehead atoms. The number of rotatable bonds is 4. The molecule has 4 unspecified atom stereocenters. The maximum absolute atomic E-state index is 11.3. The van der Waals surface area contributed by atoms with Gasteiger partial charge < -0.3 is 14.9 Å². The van der Waals surface area contributed by atoms with Crippen LogP contribution in [0.2, 0.25) is 0 Å². The van der Waals surface area contributed by atoms with Gasteiger partial charge in [0.2, 0.25) is 6.39 Å². The highest BCUT2D eigenvalue weighted by atomic mass is 16.5. The molecule has 0 amide bonds. The van der Waals surface area contributed by atoms with Crippen molar-refractivity contribution in [3.05, 3.63) is 12.2 Å². The predicted molar refractivity (Wildman–Crippen MR) is 56.9 cm³/mol. The summed E-state index contributed by atoms with van der Waals surface area (Å²) in [6.45, 7) is 0.480. The number of hydrogen-bond acceptors (Lipinski definition) is 5. The van der Waals surface area contributed by atoms with Crippen molar-refractivity contribution < 1.29 is 14.4 Å². The third-order valence-corrected chi connectivity index (χ3v) is 4.10. The van der Waals surface area contributed by atoms with Crippen LogP contribution in [0.3, 0.4) is 0 Å². The number of aliphatic carboxylic acids is 1. The number of carboxylic acid groups (broad SMARTS) is 1. The average Bonchev–Trinajstić information content (AvgIpc) is 3.01. The standard InChI is InChI=1S/C11H15N3O3/c15-11(16)9-6-1-2-7(3-6)10(9)12-4-8-13-5-17-14-8/h5-7,9-10,12H,1-4H2,(H,15,16). The van der Waals surface area contributed by atoms with Crippen molar-refractivity contribution in [2.24, 2.45) is 17.8 Å². The molecule has 2 fully saturated rings. The Hall–Kier alpha value is -1.43. The van der Waals surface area contributed by atoms with Crippen molar-refractivity contribution in [2.45, 2.75) is 31.8 Å². The van der Waals surface area contributed by atoms with E-state index in [4.69, 9.17) is 0 Å². The lowest BCUT2D eigenvalue weighted by molar-refractivity contribution is -0.144. The summed E-state index contributed by atoms with van der Waals surface area (Å²) >= 11 is 0. The number of fused-ring (bicyclic) bond motifs is 2. The molecule has 0 aliphatic heterocycles. The summed E-state index contributed by atoms with van der Waals surface area (Å²) in [6, 6.07) is 0.0600. The van der Waals surface area contributed by atoms with E-state index >= 15 is 0 Å². The first kappa shape index (κ1) is 10.7. The zero-order valence-electron chi connectivity index (χ0n) is 9.37. The third kappa shape index (κ3) is 1.82. The van der Waals surface area contributed by atoms with E-state index in [-0.39, 0.29) is 12.0 Å². The lowest BCUT2D eigenvalue weighted by atomic mass is 9.84. The first-order valence-electron chi connectivity index (χ1n) is 5.97. The molecular weight excluding hydrogens is 222 g/mol. The fourth-order valence-corrected chi connectivity index (χ4v) is 3.42. The van der Waals surface area contributed by atoms with Crippen LogP contribution in [0.25, 0.3) is 0 Å². The maximum atomic E-state index is 11.3. The minimum Gasteiger partial charge on any atom is -0.481 e. The summed E-state index contributed by atoms with van der Waals surface area (Å²) in [5.41, 5.74) is 0. The number of carboxylic acids is 1. The SMILES string of the molecule is O=C(O)C1C2CCC(C2)C1NCc1ncon1. The smallest absolute Gasteiger partial charge is 0.308 e. The molecular formula is C11H15N3O3. The fourth-order valence-electron chi connectivity index (χ4n) is 3.42. The summed E-state index contributed by atoms with van der Waals surface area (Å²) in [5.74, 6) is 0.494. The Labute approximate surface area is 98.4 Å². The molecule has 17 heavy (non-hydrogen) atoms. The highest BCUT2D eigenvalue weighted by Gasteiger charge is 2.50. The van der Waals surface area contributed by atoms with Gasteiger partial charge in [-0.15, -0.1) is 0 Å². The lowest BCUT2D eigenvalue weighted by Gasteiger charge is -2.28. The number of hydrogen-bond donors (Lipinski definition) is 2. The zero-order chi connectivity index (χ0) is 11.8. The first-order chi connectivity index (χ1) is 8.25. The Kier molecular flexibility index (Phi) is 2.58. The second kappa shape index (κ2) is 4.10. The molecule has 1 aromatic rings. The van der Waals surface area contributed by atoms with Crippen molar-refractivity contribution in [1.29, 1.82) is 0 Å². The molecule has 1 aromatic heterocycles. The van der Waals surface area contributed by atoms with Gasteiger partial charge in [-0.25, -0.2) is 0 Å². The Balaban J connectivity index is 1.67. The molecule has 2 aliphatic rings. The number of nitrogens with one attached hydrogen (secondary N) is 1. The number of aromatic nitrogens is 2. The monoisotopic (exact) mass is 237 g/mol. The second-order valence-corrected chi connectivity index (χ2v) is 4.95. The van der Waals surface area contributed by atoms with Crippen LogP contribution in [-0.2, 0) is 11.3 Å². The van der Waals surface area contributed by atoms with Crippen LogP contribution < -0.4 is 5.32 Å². The van der Waals surface area contributed by atoms with Gasteiger partial charge in [-0.2, -0.15) is 4.98 Å². The summed E-state index contributed by atoms with van der Waals surface area (Å²) < 4.78 is 4.65. The van der Waals surface area contributed by atoms with Gasteiger partial charge >= 0.3 is 5.97 Å². The van der Waals surface area contributed by atoms with Gasteiger partial charge in [0.05, 0.1) is 12.5 Å². The van der Waals surface area contributed by atoms with Crippen LogP contribution in [0.5, 0.6) is 0 Å². The highest BCUT2D eigenvalue weighted by Crippen LogP contribution is 2.48. The van der Waals surface area contributed by atoms with Gasteiger partial charge in [0, 0.05) is 6.04 Å². The Bertz CT molecular complexity index is 406. The first-order valence-corrected chi connectivity index (χ1v) is 5.97. The number of carbonyl (C=O) groups is 1. The average molecular weight is 237 g/mol. The molecule has 0 spiro atoms. The second-order valence-electron chi connectivity index (χ2n) is 4.95. The van der Waals surface area contributed by atoms with Crippen LogP contribution >= 0.6 is 0 Å². The molecule has 92 valence electrons. The van der Waals surface area contributed by atoms with E-state index < -0.39 is 5.97 Å². The number of nitrogens with zero attached hydrogens (tertiary/aromatic N) is 2. The molecule has 0 radical (unpaired) electrons. The van der Waals surface area contributed by atoms with E-state index in [0.717, 1.165) is 19.3 Å². The van der Waals surface area contributed by atoms with Crippen LogP contribution in [0.15, 0.2) is 10.9 Å². The van der Waals surface area contributed by atoms with Gasteiger partial charge in [0.1, 0.15) is 0 Å². The maximum Gasteiger partial charge on any atom is 0.308 e. The van der Waals surface area contributed by atoms with Gasteiger partial charge in [0.15, 0.2) is 5.82 Å². The zero-order valence-corrected chi connectivity index (χ0v) is 9.37. The molecule has 6 heteroatoms. The van der Waals surface area contributed by atoms with E-state index in [1.165, 1.54) is 6.39 Å². The summed E-state index contributed by atoms with van der Waals surface area (Å²) in [5, 5.41) is 16.3. The predicted octanol–water partition coefficient (Wildman–Crippen LogP) is 0.658. The molecule has 1 heterocycles. The van der Waals surface area contributed by atoms with Crippen molar-refractivity contribution in [3.8, 4) is 0 Å². The van der Waals surface area contributed by atoms with Crippen LogP contribution in [0.4, 0.5) is 0 Å². The fraction of sp³-hybridized carbons (Fsp3) is 0.727. The summed E-state index contributed by atoms with van der Waals surface area (Å²) in [7, 11) is 0. The molecule has 2 N–H and O–H groups in total. The molecule has 4 atom stereocenters. The Morgan fingerprint density at radius 1 is 1.53 bits per heavy atom. The van der Waals surface area contributed by atoms with Crippen LogP contribution in [0.1, 0.15) is 25.1 Å². The van der Waals surface area contributed by atoms with E-state index in [0.29, 0.717) is 24.2 Å². The van der Waals surface area contributed by atoms with Crippen LogP contribution in [0, 0.1) is 17.8 Å². The van der Waals surface area contributed by atoms with Crippen molar-refractivity contribution in [3.63, 3.8) is 0 Å². The normalized spacial score (nSPS) is 35.3. The molecule has 3 rings (SSSR count). The molecule has 2 aliphatic carbocycles. The molecule has 6 nitrogen and oxygen atoms in total. The van der Waals surface area contributed by atoms with Gasteiger partial charge in [-0.3, -0.25) is 4.79 Å². The highest BCUT2D eigenvalue weighted by molar-refractivity contribution is 5.72. The van der Waals surface area contributed by atoms with E-state index in [2.05, 4.69) is 20.0 Å². The van der Waals surface area contributed by atoms with E-state index in [1.54, 1.807) is 0 Å². The Morgan fingerprint density at radius 2 is 2.35 bits per heavy atom. The largest absolute Gasteiger partial charge is 0.481 e.